The monoisotopic (exact) mass is 287 g/mol. The van der Waals surface area contributed by atoms with E-state index in [1.165, 1.54) is 16.4 Å². The van der Waals surface area contributed by atoms with Crippen LogP contribution in [0.3, 0.4) is 0 Å². The van der Waals surface area contributed by atoms with Gasteiger partial charge >= 0.3 is 0 Å². The van der Waals surface area contributed by atoms with Gasteiger partial charge in [-0.2, -0.15) is 4.31 Å². The molecule has 0 bridgehead atoms. The van der Waals surface area contributed by atoms with Crippen molar-refractivity contribution in [1.82, 2.24) is 4.31 Å². The number of sulfonamides is 1. The first kappa shape index (κ1) is 16.1. The number of rotatable bonds is 5. The highest BCUT2D eigenvalue weighted by molar-refractivity contribution is 7.89. The van der Waals surface area contributed by atoms with Crippen LogP contribution in [0.1, 0.15) is 37.8 Å². The number of benzene rings is 1. The van der Waals surface area contributed by atoms with Crippen LogP contribution >= 0.6 is 0 Å². The molecule has 0 spiro atoms. The molecule has 0 saturated carbocycles. The molecule has 1 unspecified atom stereocenters. The lowest BCUT2D eigenvalue weighted by Crippen LogP contribution is -2.35. The second-order valence-electron chi connectivity index (χ2n) is 5.03. The predicted molar refractivity (Wildman–Crippen MR) is 75.2 cm³/mol. The summed E-state index contributed by atoms with van der Waals surface area (Å²) in [6, 6.07) is 2.45. The fourth-order valence-electron chi connectivity index (χ4n) is 2.28. The van der Waals surface area contributed by atoms with Gasteiger partial charge in [0, 0.05) is 13.1 Å². The number of hydrogen-bond acceptors (Lipinski definition) is 2. The third kappa shape index (κ3) is 3.34. The number of aryl methyl sites for hydroxylation is 2. The minimum Gasteiger partial charge on any atom is -0.207 e. The van der Waals surface area contributed by atoms with Crippen LogP contribution in [0, 0.1) is 19.7 Å². The minimum absolute atomic E-state index is 0.0705. The van der Waals surface area contributed by atoms with Gasteiger partial charge in [-0.3, -0.25) is 0 Å². The summed E-state index contributed by atoms with van der Waals surface area (Å²) in [5, 5.41) is 0. The molecule has 0 aliphatic rings. The Morgan fingerprint density at radius 3 is 2.16 bits per heavy atom. The van der Waals surface area contributed by atoms with Crippen LogP contribution in [-0.2, 0) is 10.0 Å². The van der Waals surface area contributed by atoms with E-state index in [4.69, 9.17) is 0 Å². The van der Waals surface area contributed by atoms with E-state index in [-0.39, 0.29) is 10.9 Å². The van der Waals surface area contributed by atoms with Crippen molar-refractivity contribution in [2.24, 2.45) is 0 Å². The number of halogens is 1. The molecule has 0 fully saturated rings. The first-order valence-corrected chi connectivity index (χ1v) is 7.90. The molecule has 19 heavy (non-hydrogen) atoms. The number of hydrogen-bond donors (Lipinski definition) is 0. The summed E-state index contributed by atoms with van der Waals surface area (Å²) in [4.78, 5) is 0.222. The molecule has 0 aliphatic heterocycles. The first-order chi connectivity index (χ1) is 8.71. The standard InChI is InChI=1S/C14H22FNO2S/c1-6-7-12(4)16(5)19(17,18)14-10(2)8-13(15)9-11(14)3/h8-9,12H,6-7H2,1-5H3. The van der Waals surface area contributed by atoms with Crippen molar-refractivity contribution in [2.45, 2.75) is 51.5 Å². The zero-order valence-corrected chi connectivity index (χ0v) is 13.0. The Kier molecular flexibility index (Phi) is 5.10. The van der Waals surface area contributed by atoms with Gasteiger partial charge in [0.2, 0.25) is 10.0 Å². The Hall–Kier alpha value is -0.940. The van der Waals surface area contributed by atoms with Crippen molar-refractivity contribution in [3.05, 3.63) is 29.1 Å². The highest BCUT2D eigenvalue weighted by Gasteiger charge is 2.28. The molecule has 0 amide bonds. The lowest BCUT2D eigenvalue weighted by atomic mass is 10.1. The Morgan fingerprint density at radius 2 is 1.74 bits per heavy atom. The molecule has 0 N–H and O–H groups in total. The zero-order chi connectivity index (χ0) is 14.8. The topological polar surface area (TPSA) is 37.4 Å². The van der Waals surface area contributed by atoms with Gasteiger partial charge in [0.25, 0.3) is 0 Å². The van der Waals surface area contributed by atoms with Gasteiger partial charge in [-0.05, 0) is 50.5 Å². The van der Waals surface area contributed by atoms with E-state index in [0.717, 1.165) is 12.8 Å². The van der Waals surface area contributed by atoms with Crippen molar-refractivity contribution < 1.29 is 12.8 Å². The fourth-order valence-corrected chi connectivity index (χ4v) is 4.08. The summed E-state index contributed by atoms with van der Waals surface area (Å²) in [7, 11) is -1.99. The van der Waals surface area contributed by atoms with Gasteiger partial charge in [0.05, 0.1) is 4.90 Å². The van der Waals surface area contributed by atoms with Gasteiger partial charge in [-0.15, -0.1) is 0 Å². The van der Waals surface area contributed by atoms with E-state index >= 15 is 0 Å². The summed E-state index contributed by atoms with van der Waals surface area (Å²) < 4.78 is 39.9. The molecule has 0 heterocycles. The Morgan fingerprint density at radius 1 is 1.26 bits per heavy atom. The van der Waals surface area contributed by atoms with Crippen molar-refractivity contribution >= 4 is 10.0 Å². The third-order valence-electron chi connectivity index (χ3n) is 3.39. The van der Waals surface area contributed by atoms with Crippen molar-refractivity contribution in [1.29, 1.82) is 0 Å². The van der Waals surface area contributed by atoms with Crippen molar-refractivity contribution in [3.8, 4) is 0 Å². The van der Waals surface area contributed by atoms with Gasteiger partial charge in [-0.25, -0.2) is 12.8 Å². The maximum atomic E-state index is 13.3. The SMILES string of the molecule is CCCC(C)N(C)S(=O)(=O)c1c(C)cc(F)cc1C. The lowest BCUT2D eigenvalue weighted by Gasteiger charge is -2.25. The molecule has 1 rings (SSSR count). The van der Waals surface area contributed by atoms with Crippen molar-refractivity contribution in [2.75, 3.05) is 7.05 Å². The lowest BCUT2D eigenvalue weighted by molar-refractivity contribution is 0.368. The van der Waals surface area contributed by atoms with Crippen molar-refractivity contribution in [3.63, 3.8) is 0 Å². The molecular formula is C14H22FNO2S. The number of nitrogens with zero attached hydrogens (tertiary/aromatic N) is 1. The van der Waals surface area contributed by atoms with Gasteiger partial charge in [0.15, 0.2) is 0 Å². The van der Waals surface area contributed by atoms with E-state index < -0.39 is 15.8 Å². The summed E-state index contributed by atoms with van der Waals surface area (Å²) in [6.07, 6.45) is 1.72. The summed E-state index contributed by atoms with van der Waals surface area (Å²) in [5.74, 6) is -0.404. The fraction of sp³-hybridized carbons (Fsp3) is 0.571. The molecule has 0 aromatic heterocycles. The molecule has 3 nitrogen and oxygen atoms in total. The molecule has 5 heteroatoms. The molecule has 0 aliphatic carbocycles. The molecule has 1 aromatic rings. The normalized spacial score (nSPS) is 13.8. The van der Waals surface area contributed by atoms with E-state index in [2.05, 4.69) is 0 Å². The smallest absolute Gasteiger partial charge is 0.207 e. The van der Waals surface area contributed by atoms with Crippen LogP contribution in [0.25, 0.3) is 0 Å². The minimum atomic E-state index is -3.57. The Bertz CT molecular complexity index is 532. The van der Waals surface area contributed by atoms with Gasteiger partial charge in [0.1, 0.15) is 5.82 Å². The molecular weight excluding hydrogens is 265 g/mol. The second kappa shape index (κ2) is 6.01. The van der Waals surface area contributed by atoms with Crippen LogP contribution in [-0.4, -0.2) is 25.8 Å². The van der Waals surface area contributed by atoms with Gasteiger partial charge < -0.3 is 0 Å². The highest BCUT2D eigenvalue weighted by atomic mass is 32.2. The van der Waals surface area contributed by atoms with Crippen LogP contribution in [0.15, 0.2) is 17.0 Å². The third-order valence-corrected chi connectivity index (χ3v) is 5.67. The van der Waals surface area contributed by atoms with E-state index in [1.54, 1.807) is 20.9 Å². The highest BCUT2D eigenvalue weighted by Crippen LogP contribution is 2.26. The average molecular weight is 287 g/mol. The van der Waals surface area contributed by atoms with E-state index in [0.29, 0.717) is 11.1 Å². The maximum absolute atomic E-state index is 13.3. The summed E-state index contributed by atoms with van der Waals surface area (Å²) in [6.45, 7) is 7.16. The van der Waals surface area contributed by atoms with Gasteiger partial charge in [-0.1, -0.05) is 13.3 Å². The average Bonchev–Trinajstić information content (AvgIpc) is 2.26. The summed E-state index contributed by atoms with van der Waals surface area (Å²) >= 11 is 0. The molecule has 0 radical (unpaired) electrons. The van der Waals surface area contributed by atoms with Crippen LogP contribution in [0.4, 0.5) is 4.39 Å². The maximum Gasteiger partial charge on any atom is 0.243 e. The second-order valence-corrected chi connectivity index (χ2v) is 6.96. The molecule has 1 atom stereocenters. The van der Waals surface area contributed by atoms with Crippen LogP contribution in [0.2, 0.25) is 0 Å². The Labute approximate surface area is 115 Å². The van der Waals surface area contributed by atoms with Crippen LogP contribution < -0.4 is 0 Å². The quantitative estimate of drug-likeness (QED) is 0.833. The Balaban J connectivity index is 3.28. The summed E-state index contributed by atoms with van der Waals surface area (Å²) in [5.41, 5.74) is 0.904. The zero-order valence-electron chi connectivity index (χ0n) is 12.2. The molecule has 1 aromatic carbocycles. The molecule has 108 valence electrons. The van der Waals surface area contributed by atoms with Crippen LogP contribution in [0.5, 0.6) is 0 Å². The predicted octanol–water partition coefficient (Wildman–Crippen LogP) is 3.25. The largest absolute Gasteiger partial charge is 0.243 e. The van der Waals surface area contributed by atoms with E-state index in [1.807, 2.05) is 13.8 Å². The van der Waals surface area contributed by atoms with E-state index in [9.17, 15) is 12.8 Å². The first-order valence-electron chi connectivity index (χ1n) is 6.46. The molecule has 0 saturated heterocycles.